The Morgan fingerprint density at radius 2 is 1.67 bits per heavy atom. The number of carbonyl (C=O) groups excluding carboxylic acids is 4. The van der Waals surface area contributed by atoms with Gasteiger partial charge in [0.1, 0.15) is 24.2 Å². The van der Waals surface area contributed by atoms with Gasteiger partial charge in [0.05, 0.1) is 6.04 Å². The van der Waals surface area contributed by atoms with Gasteiger partial charge in [0.15, 0.2) is 5.96 Å². The van der Waals surface area contributed by atoms with E-state index in [1.54, 1.807) is 6.20 Å². The molecule has 11 N–H and O–H groups in total. The first-order valence-electron chi connectivity index (χ1n) is 16.5. The molecule has 1 aromatic carbocycles. The molecular formula is C33H51N9O6. The number of carboxylic acid groups (broad SMARTS) is 1. The fourth-order valence-electron chi connectivity index (χ4n) is 5.79. The number of aliphatic imine (C=N–C) groups is 1. The van der Waals surface area contributed by atoms with Crippen molar-refractivity contribution in [1.82, 2.24) is 25.8 Å². The number of H-pyrrole nitrogens is 1. The number of para-hydroxylation sites is 1. The lowest BCUT2D eigenvalue weighted by Crippen LogP contribution is -2.59. The van der Waals surface area contributed by atoms with Crippen molar-refractivity contribution < 1.29 is 29.1 Å². The number of likely N-dealkylation sites (tertiary alicyclic amines) is 1. The number of amides is 4. The SMILES string of the molecule is CC(C)C[C@H](NC(=O)[C@H](Cc1c[nH]c2ccccc12)NC(=O)[C@@H]1CCCN1C(=O)[C@@H](N)C(C)C)C(=O)N[C@@H](CCCN=C(N)N)C(=O)O. The van der Waals surface area contributed by atoms with Gasteiger partial charge in [0.2, 0.25) is 23.6 Å². The molecule has 1 fully saturated rings. The molecule has 0 bridgehead atoms. The molecule has 1 aromatic heterocycles. The summed E-state index contributed by atoms with van der Waals surface area (Å²) in [6.07, 6.45) is 3.47. The van der Waals surface area contributed by atoms with Crippen LogP contribution in [0.15, 0.2) is 35.5 Å². The van der Waals surface area contributed by atoms with E-state index in [1.807, 2.05) is 52.0 Å². The van der Waals surface area contributed by atoms with Crippen LogP contribution in [0.1, 0.15) is 65.4 Å². The second-order valence-corrected chi connectivity index (χ2v) is 13.1. The van der Waals surface area contributed by atoms with Gasteiger partial charge < -0.3 is 48.1 Å². The van der Waals surface area contributed by atoms with E-state index in [2.05, 4.69) is 25.9 Å². The van der Waals surface area contributed by atoms with Crippen LogP contribution in [0.5, 0.6) is 0 Å². The summed E-state index contributed by atoms with van der Waals surface area (Å²) >= 11 is 0. The largest absolute Gasteiger partial charge is 0.480 e. The second kappa shape index (κ2) is 17.5. The predicted octanol–water partition coefficient (Wildman–Crippen LogP) is 0.323. The number of rotatable bonds is 17. The van der Waals surface area contributed by atoms with Gasteiger partial charge in [-0.05, 0) is 55.6 Å². The smallest absolute Gasteiger partial charge is 0.326 e. The molecule has 48 heavy (non-hydrogen) atoms. The van der Waals surface area contributed by atoms with Crippen LogP contribution >= 0.6 is 0 Å². The van der Waals surface area contributed by atoms with Gasteiger partial charge in [0.25, 0.3) is 0 Å². The van der Waals surface area contributed by atoms with Gasteiger partial charge in [0, 0.05) is 36.6 Å². The minimum Gasteiger partial charge on any atom is -0.480 e. The fraction of sp³-hybridized carbons (Fsp3) is 0.576. The second-order valence-electron chi connectivity index (χ2n) is 13.1. The highest BCUT2D eigenvalue weighted by Gasteiger charge is 2.39. The molecule has 2 heterocycles. The lowest BCUT2D eigenvalue weighted by atomic mass is 10.00. The average Bonchev–Trinajstić information content (AvgIpc) is 3.68. The molecule has 4 amide bonds. The third-order valence-corrected chi connectivity index (χ3v) is 8.47. The Kier molecular flexibility index (Phi) is 13.8. The highest BCUT2D eigenvalue weighted by molar-refractivity contribution is 5.96. The zero-order chi connectivity index (χ0) is 35.5. The summed E-state index contributed by atoms with van der Waals surface area (Å²) in [5.41, 5.74) is 18.4. The van der Waals surface area contributed by atoms with Crippen molar-refractivity contribution in [1.29, 1.82) is 0 Å². The molecule has 0 aliphatic carbocycles. The molecule has 1 aliphatic heterocycles. The van der Waals surface area contributed by atoms with Crippen molar-refractivity contribution >= 4 is 46.5 Å². The van der Waals surface area contributed by atoms with Crippen LogP contribution in [0.4, 0.5) is 0 Å². The molecule has 1 saturated heterocycles. The number of aromatic nitrogens is 1. The van der Waals surface area contributed by atoms with Crippen LogP contribution in [-0.2, 0) is 30.4 Å². The number of carbonyl (C=O) groups is 5. The highest BCUT2D eigenvalue weighted by Crippen LogP contribution is 2.22. The summed E-state index contributed by atoms with van der Waals surface area (Å²) in [7, 11) is 0. The summed E-state index contributed by atoms with van der Waals surface area (Å²) in [6, 6.07) is 2.53. The summed E-state index contributed by atoms with van der Waals surface area (Å²) in [6.45, 7) is 7.99. The number of nitrogens with zero attached hydrogens (tertiary/aromatic N) is 2. The van der Waals surface area contributed by atoms with Crippen molar-refractivity contribution in [3.05, 3.63) is 36.0 Å². The number of hydrogen-bond donors (Lipinski definition) is 8. The number of guanidine groups is 1. The number of nitrogens with one attached hydrogen (secondary N) is 4. The highest BCUT2D eigenvalue weighted by atomic mass is 16.4. The fourth-order valence-corrected chi connectivity index (χ4v) is 5.79. The first kappa shape index (κ1) is 37.8. The van der Waals surface area contributed by atoms with Gasteiger partial charge in [-0.15, -0.1) is 0 Å². The molecule has 15 nitrogen and oxygen atoms in total. The van der Waals surface area contributed by atoms with E-state index in [9.17, 15) is 29.1 Å². The van der Waals surface area contributed by atoms with E-state index in [0.717, 1.165) is 16.5 Å². The van der Waals surface area contributed by atoms with Gasteiger partial charge in [-0.25, -0.2) is 4.79 Å². The number of nitrogens with two attached hydrogens (primary N) is 3. The molecule has 5 atom stereocenters. The van der Waals surface area contributed by atoms with Crippen molar-refractivity contribution in [2.45, 2.75) is 96.4 Å². The Morgan fingerprint density at radius 3 is 2.31 bits per heavy atom. The van der Waals surface area contributed by atoms with E-state index in [-0.39, 0.29) is 49.5 Å². The van der Waals surface area contributed by atoms with Gasteiger partial charge >= 0.3 is 5.97 Å². The number of aliphatic carboxylic acids is 1. The molecule has 264 valence electrons. The van der Waals surface area contributed by atoms with E-state index >= 15 is 0 Å². The molecular weight excluding hydrogens is 618 g/mol. The van der Waals surface area contributed by atoms with Crippen LogP contribution in [0.2, 0.25) is 0 Å². The summed E-state index contributed by atoms with van der Waals surface area (Å²) < 4.78 is 0. The van der Waals surface area contributed by atoms with Crippen molar-refractivity contribution in [3.63, 3.8) is 0 Å². The van der Waals surface area contributed by atoms with E-state index in [4.69, 9.17) is 17.2 Å². The Labute approximate surface area is 280 Å². The predicted molar refractivity (Wildman–Crippen MR) is 182 cm³/mol. The molecule has 3 rings (SSSR count). The van der Waals surface area contributed by atoms with Crippen LogP contribution in [0.25, 0.3) is 10.9 Å². The van der Waals surface area contributed by atoms with Crippen molar-refractivity contribution in [2.75, 3.05) is 13.1 Å². The zero-order valence-electron chi connectivity index (χ0n) is 28.2. The van der Waals surface area contributed by atoms with Crippen molar-refractivity contribution in [3.8, 4) is 0 Å². The van der Waals surface area contributed by atoms with Gasteiger partial charge in [-0.1, -0.05) is 45.9 Å². The Hall–Kier alpha value is -4.66. The Morgan fingerprint density at radius 1 is 1.00 bits per heavy atom. The number of benzene rings is 1. The number of aromatic amines is 1. The molecule has 1 aliphatic rings. The maximum absolute atomic E-state index is 14.0. The minimum absolute atomic E-state index is 0.0453. The minimum atomic E-state index is -1.24. The number of carboxylic acids is 1. The zero-order valence-corrected chi connectivity index (χ0v) is 28.2. The summed E-state index contributed by atoms with van der Waals surface area (Å²) in [5.74, 6) is -3.62. The quantitative estimate of drug-likeness (QED) is 0.0655. The lowest BCUT2D eigenvalue weighted by molar-refractivity contribution is -0.142. The topological polar surface area (TPSA) is 251 Å². The third-order valence-electron chi connectivity index (χ3n) is 8.47. The van der Waals surface area contributed by atoms with Crippen LogP contribution in [0, 0.1) is 11.8 Å². The Bertz CT molecular complexity index is 1470. The molecule has 0 unspecified atom stereocenters. The van der Waals surface area contributed by atoms with Gasteiger partial charge in [-0.3, -0.25) is 24.2 Å². The lowest BCUT2D eigenvalue weighted by Gasteiger charge is -2.30. The van der Waals surface area contributed by atoms with Gasteiger partial charge in [-0.2, -0.15) is 0 Å². The van der Waals surface area contributed by atoms with E-state index < -0.39 is 53.9 Å². The Balaban J connectivity index is 1.84. The summed E-state index contributed by atoms with van der Waals surface area (Å²) in [5, 5.41) is 18.8. The maximum Gasteiger partial charge on any atom is 0.326 e. The average molecular weight is 670 g/mol. The van der Waals surface area contributed by atoms with E-state index in [0.29, 0.717) is 25.8 Å². The molecule has 0 radical (unpaired) electrons. The normalized spacial score (nSPS) is 17.1. The first-order valence-corrected chi connectivity index (χ1v) is 16.5. The van der Waals surface area contributed by atoms with Crippen LogP contribution in [0.3, 0.4) is 0 Å². The van der Waals surface area contributed by atoms with E-state index in [1.165, 1.54) is 4.90 Å². The first-order chi connectivity index (χ1) is 22.7. The molecule has 15 heteroatoms. The number of fused-ring (bicyclic) bond motifs is 1. The number of hydrogen-bond acceptors (Lipinski definition) is 7. The third kappa shape index (κ3) is 10.4. The summed E-state index contributed by atoms with van der Waals surface area (Å²) in [4.78, 5) is 74.8. The molecule has 2 aromatic rings. The molecule has 0 spiro atoms. The van der Waals surface area contributed by atoms with Crippen LogP contribution < -0.4 is 33.2 Å². The van der Waals surface area contributed by atoms with Crippen molar-refractivity contribution in [2.24, 2.45) is 34.0 Å². The maximum atomic E-state index is 14.0. The van der Waals surface area contributed by atoms with Crippen LogP contribution in [-0.4, -0.2) is 93.8 Å². The monoisotopic (exact) mass is 669 g/mol. The standard InChI is InChI=1S/C33H51N9O6/c1-18(2)15-24(28(43)39-23(32(47)48)11-7-13-37-33(35)36)40-29(44)25(16-20-17-38-22-10-6-5-9-21(20)22)41-30(45)26-12-8-14-42(26)31(46)27(34)19(3)4/h5-6,9-10,17-19,23-27,38H,7-8,11-16,34H2,1-4H3,(H,39,43)(H,40,44)(H,41,45)(H,47,48)(H4,35,36,37)/t23-,24-,25-,26-,27-/m0/s1. The molecule has 0 saturated carbocycles.